The Bertz CT molecular complexity index is 250. The molecule has 0 nitrogen and oxygen atoms in total. The number of rotatable bonds is 0. The van der Waals surface area contributed by atoms with E-state index >= 15 is 0 Å². The first-order valence-electron chi connectivity index (χ1n) is 4.46. The number of aryl methyl sites for hydroxylation is 1. The van der Waals surface area contributed by atoms with Crippen molar-refractivity contribution in [1.29, 1.82) is 0 Å². The van der Waals surface area contributed by atoms with E-state index in [1.165, 1.54) is 19.3 Å². The van der Waals surface area contributed by atoms with E-state index in [1.54, 1.807) is 11.1 Å². The van der Waals surface area contributed by atoms with Crippen LogP contribution >= 0.6 is 0 Å². The summed E-state index contributed by atoms with van der Waals surface area (Å²) in [5.74, 6) is 0.792. The molecular formula is C15H30. The molecule has 0 N–H and O–H groups in total. The summed E-state index contributed by atoms with van der Waals surface area (Å²) in [4.78, 5) is 0. The van der Waals surface area contributed by atoms with Crippen LogP contribution < -0.4 is 0 Å². The van der Waals surface area contributed by atoms with E-state index in [4.69, 9.17) is 0 Å². The predicted octanol–water partition coefficient (Wildman–Crippen LogP) is 5.67. The van der Waals surface area contributed by atoms with E-state index in [9.17, 15) is 0 Å². The van der Waals surface area contributed by atoms with Crippen molar-refractivity contribution in [3.05, 3.63) is 35.4 Å². The molecule has 0 amide bonds. The van der Waals surface area contributed by atoms with E-state index < -0.39 is 0 Å². The van der Waals surface area contributed by atoms with Crippen LogP contribution in [0.25, 0.3) is 0 Å². The Morgan fingerprint density at radius 3 is 2.20 bits per heavy atom. The fourth-order valence-electron chi connectivity index (χ4n) is 2.00. The third kappa shape index (κ3) is 4.07. The molecule has 90 valence electrons. The molecule has 15 heavy (non-hydrogen) atoms. The molecule has 1 aliphatic carbocycles. The van der Waals surface area contributed by atoms with Crippen LogP contribution in [0.4, 0.5) is 0 Å². The third-order valence-corrected chi connectivity index (χ3v) is 2.67. The topological polar surface area (TPSA) is 0 Å². The van der Waals surface area contributed by atoms with Crippen LogP contribution in [0, 0.1) is 0 Å². The van der Waals surface area contributed by atoms with Crippen molar-refractivity contribution in [1.82, 2.24) is 0 Å². The van der Waals surface area contributed by atoms with Crippen LogP contribution in [0.15, 0.2) is 24.3 Å². The van der Waals surface area contributed by atoms with Gasteiger partial charge in [0, 0.05) is 0 Å². The van der Waals surface area contributed by atoms with Gasteiger partial charge in [-0.15, -0.1) is 0 Å². The van der Waals surface area contributed by atoms with Gasteiger partial charge in [0.05, 0.1) is 0 Å². The number of hydrogen-bond donors (Lipinski definition) is 0. The van der Waals surface area contributed by atoms with Crippen molar-refractivity contribution in [2.75, 3.05) is 0 Å². The average molecular weight is 210 g/mol. The maximum absolute atomic E-state index is 2.33. The second-order valence-corrected chi connectivity index (χ2v) is 3.49. The van der Waals surface area contributed by atoms with Gasteiger partial charge in [0.25, 0.3) is 0 Å². The zero-order valence-corrected chi connectivity index (χ0v) is 7.01. The van der Waals surface area contributed by atoms with Gasteiger partial charge in [-0.25, -0.2) is 0 Å². The maximum atomic E-state index is 2.33. The molecule has 2 rings (SSSR count). The third-order valence-electron chi connectivity index (χ3n) is 2.67. The highest BCUT2D eigenvalue weighted by Gasteiger charge is 2.14. The zero-order chi connectivity index (χ0) is 7.68. The number of benzene rings is 1. The van der Waals surface area contributed by atoms with Crippen molar-refractivity contribution in [3.63, 3.8) is 0 Å². The first-order chi connectivity index (χ1) is 5.38. The maximum Gasteiger partial charge on any atom is -0.0188 e. The van der Waals surface area contributed by atoms with E-state index in [0.29, 0.717) is 0 Å². The fourth-order valence-corrected chi connectivity index (χ4v) is 2.00. The van der Waals surface area contributed by atoms with Gasteiger partial charge in [-0.05, 0) is 36.3 Å². The predicted molar refractivity (Wildman–Crippen MR) is 74.7 cm³/mol. The molecule has 0 bridgehead atoms. The Kier molecular flexibility index (Phi) is 11.2. The van der Waals surface area contributed by atoms with Crippen LogP contribution in [-0.2, 0) is 6.42 Å². The molecule has 0 fully saturated rings. The van der Waals surface area contributed by atoms with E-state index in [-0.39, 0.29) is 29.7 Å². The van der Waals surface area contributed by atoms with E-state index in [0.717, 1.165) is 5.92 Å². The Morgan fingerprint density at radius 1 is 1.00 bits per heavy atom. The zero-order valence-electron chi connectivity index (χ0n) is 7.01. The molecule has 0 aromatic heterocycles. The molecular weight excluding hydrogens is 180 g/mol. The molecule has 0 heteroatoms. The van der Waals surface area contributed by atoms with Crippen LogP contribution in [0.3, 0.4) is 0 Å². The lowest BCUT2D eigenvalue weighted by molar-refractivity contribution is 0.590. The van der Waals surface area contributed by atoms with Crippen molar-refractivity contribution < 1.29 is 0 Å². The fraction of sp³-hybridized carbons (Fsp3) is 0.600. The molecule has 1 aromatic rings. The van der Waals surface area contributed by atoms with E-state index in [2.05, 4.69) is 31.2 Å². The van der Waals surface area contributed by atoms with Crippen molar-refractivity contribution in [2.45, 2.75) is 61.8 Å². The van der Waals surface area contributed by atoms with Gasteiger partial charge in [0.2, 0.25) is 0 Å². The Morgan fingerprint density at radius 2 is 1.60 bits per heavy atom. The molecule has 1 atom stereocenters. The average Bonchev–Trinajstić information content (AvgIpc) is 2.06. The lowest BCUT2D eigenvalue weighted by Gasteiger charge is -2.21. The molecule has 0 saturated heterocycles. The minimum atomic E-state index is 0. The smallest absolute Gasteiger partial charge is 0.0188 e. The Balaban J connectivity index is -0.000000360. The summed E-state index contributed by atoms with van der Waals surface area (Å²) in [6, 6.07) is 8.85. The summed E-state index contributed by atoms with van der Waals surface area (Å²) in [7, 11) is 0. The highest BCUT2D eigenvalue weighted by atomic mass is 14.2. The van der Waals surface area contributed by atoms with Gasteiger partial charge in [-0.1, -0.05) is 60.9 Å². The molecule has 0 saturated carbocycles. The van der Waals surface area contributed by atoms with Gasteiger partial charge in [-0.2, -0.15) is 0 Å². The normalized spacial score (nSPS) is 16.7. The van der Waals surface area contributed by atoms with E-state index in [1.807, 2.05) is 0 Å². The highest BCUT2D eigenvalue weighted by molar-refractivity contribution is 5.31. The van der Waals surface area contributed by atoms with Gasteiger partial charge < -0.3 is 0 Å². The molecule has 0 heterocycles. The summed E-state index contributed by atoms with van der Waals surface area (Å²) < 4.78 is 0. The molecule has 1 aromatic carbocycles. The molecule has 0 spiro atoms. The van der Waals surface area contributed by atoms with Crippen molar-refractivity contribution in [2.24, 2.45) is 0 Å². The summed E-state index contributed by atoms with van der Waals surface area (Å²) >= 11 is 0. The standard InChI is InChI=1S/C11H14.4CH4/c1-9-5-4-7-10-6-2-3-8-11(9)10;;;;/h2-3,6,8-9H,4-5,7H2,1H3;4*1H4. The SMILES string of the molecule is C.C.C.C.CC1CCCc2ccccc21. The van der Waals surface area contributed by atoms with Gasteiger partial charge in [0.15, 0.2) is 0 Å². The van der Waals surface area contributed by atoms with Gasteiger partial charge in [-0.3, -0.25) is 0 Å². The first-order valence-corrected chi connectivity index (χ1v) is 4.46. The lowest BCUT2D eigenvalue weighted by atomic mass is 9.84. The molecule has 1 aliphatic rings. The van der Waals surface area contributed by atoms with Crippen molar-refractivity contribution >= 4 is 0 Å². The quantitative estimate of drug-likeness (QED) is 0.517. The van der Waals surface area contributed by atoms with Crippen molar-refractivity contribution in [3.8, 4) is 0 Å². The highest BCUT2D eigenvalue weighted by Crippen LogP contribution is 2.30. The lowest BCUT2D eigenvalue weighted by Crippen LogP contribution is -2.05. The minimum Gasteiger partial charge on any atom is -0.0776 e. The van der Waals surface area contributed by atoms with Crippen LogP contribution in [-0.4, -0.2) is 0 Å². The largest absolute Gasteiger partial charge is 0.0776 e. The van der Waals surface area contributed by atoms with Crippen LogP contribution in [0.1, 0.15) is 66.5 Å². The number of fused-ring (bicyclic) bond motifs is 1. The second-order valence-electron chi connectivity index (χ2n) is 3.49. The Hall–Kier alpha value is -0.780. The summed E-state index contributed by atoms with van der Waals surface area (Å²) in [6.45, 7) is 2.33. The second kappa shape index (κ2) is 8.52. The minimum absolute atomic E-state index is 0. The van der Waals surface area contributed by atoms with Gasteiger partial charge >= 0.3 is 0 Å². The van der Waals surface area contributed by atoms with Crippen LogP contribution in [0.2, 0.25) is 0 Å². The first kappa shape index (κ1) is 19.7. The summed E-state index contributed by atoms with van der Waals surface area (Å²) in [6.07, 6.45) is 4.04. The molecule has 0 aliphatic heterocycles. The molecule has 0 radical (unpaired) electrons. The Labute approximate surface area is 97.7 Å². The monoisotopic (exact) mass is 210 g/mol. The number of hydrogen-bond acceptors (Lipinski definition) is 0. The molecule has 1 unspecified atom stereocenters. The van der Waals surface area contributed by atoms with Gasteiger partial charge in [0.1, 0.15) is 0 Å². The van der Waals surface area contributed by atoms with Crippen LogP contribution in [0.5, 0.6) is 0 Å². The summed E-state index contributed by atoms with van der Waals surface area (Å²) in [5.41, 5.74) is 3.16. The summed E-state index contributed by atoms with van der Waals surface area (Å²) in [5, 5.41) is 0.